The predicted molar refractivity (Wildman–Crippen MR) is 75.7 cm³/mol. The number of carbonyl (C=O) groups excluding carboxylic acids is 1. The van der Waals surface area contributed by atoms with Crippen LogP contribution in [-0.2, 0) is 0 Å². The summed E-state index contributed by atoms with van der Waals surface area (Å²) >= 11 is 0. The van der Waals surface area contributed by atoms with Gasteiger partial charge in [-0.2, -0.15) is 0 Å². The zero-order chi connectivity index (χ0) is 13.4. The van der Waals surface area contributed by atoms with Crippen LogP contribution in [0.25, 0.3) is 0 Å². The van der Waals surface area contributed by atoms with Gasteiger partial charge in [0.1, 0.15) is 0 Å². The number of anilines is 1. The summed E-state index contributed by atoms with van der Waals surface area (Å²) in [6.07, 6.45) is 5.05. The first kappa shape index (κ1) is 12.5. The number of fused-ring (bicyclic) bond motifs is 2. The molecule has 0 spiro atoms. The van der Waals surface area contributed by atoms with E-state index in [1.807, 2.05) is 25.1 Å². The predicted octanol–water partition coefficient (Wildman–Crippen LogP) is 2.20. The van der Waals surface area contributed by atoms with Crippen molar-refractivity contribution in [2.24, 2.45) is 17.7 Å². The molecule has 1 amide bonds. The monoisotopic (exact) mass is 259 g/mol. The molecule has 0 heterocycles. The summed E-state index contributed by atoms with van der Waals surface area (Å²) in [6.45, 7) is 1.98. The molecule has 2 saturated carbocycles. The fourth-order valence-electron chi connectivity index (χ4n) is 3.64. The first-order valence-corrected chi connectivity index (χ1v) is 7.05. The summed E-state index contributed by atoms with van der Waals surface area (Å²) in [7, 11) is 0. The number of nitrogen functional groups attached to an aromatic ring is 1. The normalized spacial score (nSPS) is 28.4. The zero-order valence-corrected chi connectivity index (χ0v) is 11.3. The molecule has 4 nitrogen and oxygen atoms in total. The smallest absolute Gasteiger partial charge is 0.253 e. The van der Waals surface area contributed by atoms with Gasteiger partial charge in [0.25, 0.3) is 5.91 Å². The molecule has 1 aromatic carbocycles. The first-order chi connectivity index (χ1) is 9.17. The Hall–Kier alpha value is -1.55. The lowest BCUT2D eigenvalue weighted by Crippen LogP contribution is -2.38. The molecule has 2 aliphatic carbocycles. The molecule has 102 valence electrons. The molecule has 2 bridgehead atoms. The highest BCUT2D eigenvalue weighted by molar-refractivity contribution is 5.99. The number of hydrogen-bond donors (Lipinski definition) is 3. The minimum absolute atomic E-state index is 0.00880. The molecular weight excluding hydrogens is 238 g/mol. The summed E-state index contributed by atoms with van der Waals surface area (Å²) < 4.78 is 0. The fraction of sp³-hybridized carbons (Fsp3) is 0.533. The van der Waals surface area contributed by atoms with E-state index in [1.54, 1.807) is 0 Å². The number of benzene rings is 1. The lowest BCUT2D eigenvalue weighted by molar-refractivity contribution is 0.0923. The van der Waals surface area contributed by atoms with Gasteiger partial charge >= 0.3 is 0 Å². The van der Waals surface area contributed by atoms with Crippen LogP contribution in [0.1, 0.15) is 41.6 Å². The standard InChI is InChI=1S/C15H21N3O/c1-9-2-5-12(14(6-9)18-16)15(19)17-13-8-10-3-4-11(13)7-10/h2,5-6,10-11,13,18H,3-4,7-8,16H2,1H3,(H,17,19). The van der Waals surface area contributed by atoms with E-state index in [9.17, 15) is 4.79 Å². The van der Waals surface area contributed by atoms with Gasteiger partial charge in [-0.1, -0.05) is 12.5 Å². The van der Waals surface area contributed by atoms with Crippen LogP contribution in [0.4, 0.5) is 5.69 Å². The Bertz CT molecular complexity index is 500. The van der Waals surface area contributed by atoms with Gasteiger partial charge in [0.05, 0.1) is 11.3 Å². The highest BCUT2D eigenvalue weighted by atomic mass is 16.1. The molecule has 0 aromatic heterocycles. The maximum atomic E-state index is 12.4. The van der Waals surface area contributed by atoms with Crippen LogP contribution >= 0.6 is 0 Å². The van der Waals surface area contributed by atoms with Crippen LogP contribution in [0.3, 0.4) is 0 Å². The van der Waals surface area contributed by atoms with Crippen molar-refractivity contribution in [2.45, 2.75) is 38.6 Å². The topological polar surface area (TPSA) is 67.2 Å². The summed E-state index contributed by atoms with van der Waals surface area (Å²) in [5, 5.41) is 3.19. The van der Waals surface area contributed by atoms with E-state index in [2.05, 4.69) is 10.7 Å². The molecule has 1 aromatic rings. The molecular formula is C15H21N3O. The molecule has 0 aliphatic heterocycles. The second kappa shape index (κ2) is 4.85. The summed E-state index contributed by atoms with van der Waals surface area (Å²) in [6, 6.07) is 6.04. The van der Waals surface area contributed by atoms with E-state index in [0.29, 0.717) is 23.2 Å². The molecule has 4 N–H and O–H groups in total. The lowest BCUT2D eigenvalue weighted by Gasteiger charge is -2.23. The Morgan fingerprint density at radius 2 is 2.16 bits per heavy atom. The van der Waals surface area contributed by atoms with Crippen molar-refractivity contribution in [3.05, 3.63) is 29.3 Å². The number of hydrazine groups is 1. The maximum Gasteiger partial charge on any atom is 0.253 e. The number of hydrogen-bond acceptors (Lipinski definition) is 3. The van der Waals surface area contributed by atoms with Gasteiger partial charge in [-0.25, -0.2) is 0 Å². The molecule has 0 radical (unpaired) electrons. The molecule has 3 rings (SSSR count). The van der Waals surface area contributed by atoms with Gasteiger partial charge in [0.15, 0.2) is 0 Å². The molecule has 4 heteroatoms. The second-order valence-electron chi connectivity index (χ2n) is 5.95. The maximum absolute atomic E-state index is 12.4. The molecule has 0 saturated heterocycles. The van der Waals surface area contributed by atoms with Crippen molar-refractivity contribution in [1.29, 1.82) is 0 Å². The summed E-state index contributed by atoms with van der Waals surface area (Å²) in [5.41, 5.74) is 5.03. The summed E-state index contributed by atoms with van der Waals surface area (Å²) in [5.74, 6) is 7.01. The number of aryl methyl sites for hydroxylation is 1. The van der Waals surface area contributed by atoms with E-state index in [1.165, 1.54) is 19.3 Å². The second-order valence-corrected chi connectivity index (χ2v) is 5.95. The zero-order valence-electron chi connectivity index (χ0n) is 11.3. The van der Waals surface area contributed by atoms with Crippen molar-refractivity contribution >= 4 is 11.6 Å². The van der Waals surface area contributed by atoms with E-state index in [-0.39, 0.29) is 5.91 Å². The van der Waals surface area contributed by atoms with Gasteiger partial charge in [0.2, 0.25) is 0 Å². The average molecular weight is 259 g/mol. The van der Waals surface area contributed by atoms with Gasteiger partial charge < -0.3 is 10.7 Å². The van der Waals surface area contributed by atoms with Crippen LogP contribution in [0.15, 0.2) is 18.2 Å². The molecule has 2 fully saturated rings. The Balaban J connectivity index is 1.73. The van der Waals surface area contributed by atoms with Crippen molar-refractivity contribution in [2.75, 3.05) is 5.43 Å². The Morgan fingerprint density at radius 1 is 1.32 bits per heavy atom. The van der Waals surface area contributed by atoms with E-state index in [0.717, 1.165) is 17.9 Å². The number of amides is 1. The molecule has 19 heavy (non-hydrogen) atoms. The lowest BCUT2D eigenvalue weighted by atomic mass is 9.95. The molecule has 2 aliphatic rings. The van der Waals surface area contributed by atoms with Crippen LogP contribution < -0.4 is 16.6 Å². The minimum Gasteiger partial charge on any atom is -0.349 e. The Morgan fingerprint density at radius 3 is 2.79 bits per heavy atom. The number of nitrogens with one attached hydrogen (secondary N) is 2. The Labute approximate surface area is 113 Å². The fourth-order valence-corrected chi connectivity index (χ4v) is 3.64. The van der Waals surface area contributed by atoms with Crippen LogP contribution in [0, 0.1) is 18.8 Å². The average Bonchev–Trinajstić information content (AvgIpc) is 3.00. The van der Waals surface area contributed by atoms with Gasteiger partial charge in [-0.15, -0.1) is 0 Å². The van der Waals surface area contributed by atoms with Gasteiger partial charge in [-0.3, -0.25) is 10.6 Å². The van der Waals surface area contributed by atoms with Crippen molar-refractivity contribution in [3.8, 4) is 0 Å². The highest BCUT2D eigenvalue weighted by Gasteiger charge is 2.40. The third kappa shape index (κ3) is 2.32. The van der Waals surface area contributed by atoms with E-state index in [4.69, 9.17) is 5.84 Å². The van der Waals surface area contributed by atoms with Crippen molar-refractivity contribution < 1.29 is 4.79 Å². The minimum atomic E-state index is -0.00880. The largest absolute Gasteiger partial charge is 0.349 e. The van der Waals surface area contributed by atoms with E-state index < -0.39 is 0 Å². The summed E-state index contributed by atoms with van der Waals surface area (Å²) in [4.78, 5) is 12.4. The number of carbonyl (C=O) groups is 1. The third-order valence-corrected chi connectivity index (χ3v) is 4.63. The molecule has 3 unspecified atom stereocenters. The quantitative estimate of drug-likeness (QED) is 0.576. The Kier molecular flexibility index (Phi) is 3.19. The van der Waals surface area contributed by atoms with Crippen molar-refractivity contribution in [3.63, 3.8) is 0 Å². The van der Waals surface area contributed by atoms with Gasteiger partial charge in [0, 0.05) is 6.04 Å². The molecule has 3 atom stereocenters. The van der Waals surface area contributed by atoms with Crippen molar-refractivity contribution in [1.82, 2.24) is 5.32 Å². The third-order valence-electron chi connectivity index (χ3n) is 4.63. The van der Waals surface area contributed by atoms with Crippen LogP contribution in [0.5, 0.6) is 0 Å². The first-order valence-electron chi connectivity index (χ1n) is 7.05. The van der Waals surface area contributed by atoms with Gasteiger partial charge in [-0.05, 0) is 55.7 Å². The number of nitrogens with two attached hydrogens (primary N) is 1. The SMILES string of the molecule is Cc1ccc(C(=O)NC2CC3CCC2C3)c(NN)c1. The highest BCUT2D eigenvalue weighted by Crippen LogP contribution is 2.44. The van der Waals surface area contributed by atoms with E-state index >= 15 is 0 Å². The van der Waals surface area contributed by atoms with Crippen LogP contribution in [0.2, 0.25) is 0 Å². The van der Waals surface area contributed by atoms with Crippen LogP contribution in [-0.4, -0.2) is 11.9 Å². The number of rotatable bonds is 3.